The van der Waals surface area contributed by atoms with Crippen LogP contribution in [-0.2, 0) is 11.3 Å². The van der Waals surface area contributed by atoms with E-state index in [-0.39, 0.29) is 0 Å². The summed E-state index contributed by atoms with van der Waals surface area (Å²) in [5, 5.41) is 3.44. The maximum Gasteiger partial charge on any atom is 0.0637 e. The second-order valence-electron chi connectivity index (χ2n) is 4.61. The molecule has 1 aromatic heterocycles. The summed E-state index contributed by atoms with van der Waals surface area (Å²) in [6, 6.07) is 2.56. The Morgan fingerprint density at radius 3 is 2.83 bits per heavy atom. The van der Waals surface area contributed by atoms with Crippen molar-refractivity contribution in [3.8, 4) is 0 Å². The molecule has 0 fully saturated rings. The first-order valence-electron chi connectivity index (χ1n) is 6.59. The molecule has 18 heavy (non-hydrogen) atoms. The molecule has 1 N–H and O–H groups in total. The number of nitrogens with one attached hydrogen (secondary N) is 1. The standard InChI is InChI=1S/C14H25N3O/c1-5-17(8-9-18-4)14-6-7-15-10-13(14)11-16-12(2)3/h6-7,10,12,16H,5,8-9,11H2,1-4H3. The van der Waals surface area contributed by atoms with E-state index in [4.69, 9.17) is 4.74 Å². The lowest BCUT2D eigenvalue weighted by Gasteiger charge is -2.25. The Morgan fingerprint density at radius 2 is 2.22 bits per heavy atom. The first-order valence-corrected chi connectivity index (χ1v) is 6.59. The maximum atomic E-state index is 5.16. The largest absolute Gasteiger partial charge is 0.383 e. The monoisotopic (exact) mass is 251 g/mol. The van der Waals surface area contributed by atoms with Gasteiger partial charge in [0.2, 0.25) is 0 Å². The Kier molecular flexibility index (Phi) is 6.68. The lowest BCUT2D eigenvalue weighted by atomic mass is 10.2. The second-order valence-corrected chi connectivity index (χ2v) is 4.61. The van der Waals surface area contributed by atoms with Gasteiger partial charge in [-0.05, 0) is 13.0 Å². The highest BCUT2D eigenvalue weighted by Crippen LogP contribution is 2.19. The molecule has 4 nitrogen and oxygen atoms in total. The van der Waals surface area contributed by atoms with E-state index in [0.717, 1.165) is 26.2 Å². The van der Waals surface area contributed by atoms with Crippen LogP contribution in [-0.4, -0.2) is 37.8 Å². The lowest BCUT2D eigenvalue weighted by Crippen LogP contribution is -2.29. The van der Waals surface area contributed by atoms with Crippen molar-refractivity contribution in [1.29, 1.82) is 0 Å². The summed E-state index contributed by atoms with van der Waals surface area (Å²) < 4.78 is 5.16. The summed E-state index contributed by atoms with van der Waals surface area (Å²) in [4.78, 5) is 6.54. The number of hydrogen-bond donors (Lipinski definition) is 1. The van der Waals surface area contributed by atoms with Crippen molar-refractivity contribution >= 4 is 5.69 Å². The van der Waals surface area contributed by atoms with Crippen molar-refractivity contribution in [2.45, 2.75) is 33.4 Å². The minimum absolute atomic E-state index is 0.479. The van der Waals surface area contributed by atoms with E-state index in [1.165, 1.54) is 11.3 Å². The molecule has 0 unspecified atom stereocenters. The van der Waals surface area contributed by atoms with E-state index in [2.05, 4.69) is 42.0 Å². The summed E-state index contributed by atoms with van der Waals surface area (Å²) in [5.74, 6) is 0. The predicted octanol–water partition coefficient (Wildman–Crippen LogP) is 2.05. The number of rotatable bonds is 8. The van der Waals surface area contributed by atoms with Gasteiger partial charge in [-0.1, -0.05) is 13.8 Å². The Morgan fingerprint density at radius 1 is 1.44 bits per heavy atom. The van der Waals surface area contributed by atoms with Crippen LogP contribution in [0.5, 0.6) is 0 Å². The summed E-state index contributed by atoms with van der Waals surface area (Å²) >= 11 is 0. The fourth-order valence-corrected chi connectivity index (χ4v) is 1.83. The van der Waals surface area contributed by atoms with Crippen LogP contribution >= 0.6 is 0 Å². The van der Waals surface area contributed by atoms with Gasteiger partial charge in [0, 0.05) is 56.4 Å². The molecular weight excluding hydrogens is 226 g/mol. The van der Waals surface area contributed by atoms with Gasteiger partial charge in [0.15, 0.2) is 0 Å². The average Bonchev–Trinajstić information content (AvgIpc) is 2.38. The molecule has 102 valence electrons. The zero-order chi connectivity index (χ0) is 13.4. The Hall–Kier alpha value is -1.13. The lowest BCUT2D eigenvalue weighted by molar-refractivity contribution is 0.205. The quantitative estimate of drug-likeness (QED) is 0.767. The average molecular weight is 251 g/mol. The molecule has 4 heteroatoms. The summed E-state index contributed by atoms with van der Waals surface area (Å²) in [6.07, 6.45) is 3.80. The van der Waals surface area contributed by atoms with Crippen molar-refractivity contribution < 1.29 is 4.74 Å². The molecule has 0 atom stereocenters. The first-order chi connectivity index (χ1) is 8.69. The van der Waals surface area contributed by atoms with Gasteiger partial charge >= 0.3 is 0 Å². The summed E-state index contributed by atoms with van der Waals surface area (Å²) in [6.45, 7) is 9.94. The van der Waals surface area contributed by atoms with E-state index in [9.17, 15) is 0 Å². The fourth-order valence-electron chi connectivity index (χ4n) is 1.83. The molecule has 0 amide bonds. The van der Waals surface area contributed by atoms with E-state index in [1.54, 1.807) is 7.11 Å². The van der Waals surface area contributed by atoms with E-state index in [0.29, 0.717) is 6.04 Å². The molecule has 0 aliphatic heterocycles. The van der Waals surface area contributed by atoms with Gasteiger partial charge in [-0.25, -0.2) is 0 Å². The van der Waals surface area contributed by atoms with Crippen molar-refractivity contribution in [3.63, 3.8) is 0 Å². The van der Waals surface area contributed by atoms with Gasteiger partial charge in [-0.15, -0.1) is 0 Å². The van der Waals surface area contributed by atoms with Crippen LogP contribution in [0.25, 0.3) is 0 Å². The molecule has 0 aliphatic rings. The SMILES string of the molecule is CCN(CCOC)c1ccncc1CNC(C)C. The van der Waals surface area contributed by atoms with E-state index >= 15 is 0 Å². The summed E-state index contributed by atoms with van der Waals surface area (Å²) in [7, 11) is 1.74. The van der Waals surface area contributed by atoms with Gasteiger partial charge < -0.3 is 15.0 Å². The van der Waals surface area contributed by atoms with E-state index in [1.807, 2.05) is 12.4 Å². The van der Waals surface area contributed by atoms with Crippen LogP contribution in [0.15, 0.2) is 18.5 Å². The highest BCUT2D eigenvalue weighted by atomic mass is 16.5. The first kappa shape index (κ1) is 14.9. The second kappa shape index (κ2) is 8.06. The third kappa shape index (κ3) is 4.63. The number of hydrogen-bond acceptors (Lipinski definition) is 4. The minimum atomic E-state index is 0.479. The van der Waals surface area contributed by atoms with E-state index < -0.39 is 0 Å². The number of nitrogens with zero attached hydrogens (tertiary/aromatic N) is 2. The minimum Gasteiger partial charge on any atom is -0.383 e. The number of pyridine rings is 1. The van der Waals surface area contributed by atoms with Gasteiger partial charge in [-0.3, -0.25) is 4.98 Å². The highest BCUT2D eigenvalue weighted by Gasteiger charge is 2.09. The molecule has 1 rings (SSSR count). The third-order valence-corrected chi connectivity index (χ3v) is 2.87. The van der Waals surface area contributed by atoms with Crippen LogP contribution in [0.3, 0.4) is 0 Å². The van der Waals surface area contributed by atoms with Crippen LogP contribution in [0.1, 0.15) is 26.3 Å². The molecule has 0 saturated heterocycles. The molecule has 0 saturated carbocycles. The summed E-state index contributed by atoms with van der Waals surface area (Å²) in [5.41, 5.74) is 2.49. The smallest absolute Gasteiger partial charge is 0.0637 e. The molecular formula is C14H25N3O. The molecule has 1 aromatic rings. The maximum absolute atomic E-state index is 5.16. The molecule has 0 spiro atoms. The number of ether oxygens (including phenoxy) is 1. The zero-order valence-electron chi connectivity index (χ0n) is 11.9. The number of methoxy groups -OCH3 is 1. The molecule has 0 radical (unpaired) electrons. The highest BCUT2D eigenvalue weighted by molar-refractivity contribution is 5.52. The molecule has 0 aliphatic carbocycles. The Labute approximate surface area is 110 Å². The fraction of sp³-hybridized carbons (Fsp3) is 0.643. The third-order valence-electron chi connectivity index (χ3n) is 2.87. The molecule has 0 aromatic carbocycles. The van der Waals surface area contributed by atoms with Gasteiger partial charge in [0.1, 0.15) is 0 Å². The normalized spacial score (nSPS) is 10.9. The van der Waals surface area contributed by atoms with Gasteiger partial charge in [0.25, 0.3) is 0 Å². The van der Waals surface area contributed by atoms with Crippen molar-refractivity contribution in [2.24, 2.45) is 0 Å². The zero-order valence-corrected chi connectivity index (χ0v) is 11.9. The molecule has 0 bridgehead atoms. The van der Waals surface area contributed by atoms with Crippen molar-refractivity contribution in [2.75, 3.05) is 31.7 Å². The number of aromatic nitrogens is 1. The predicted molar refractivity (Wildman–Crippen MR) is 76.0 cm³/mol. The number of anilines is 1. The van der Waals surface area contributed by atoms with Crippen LogP contribution in [0, 0.1) is 0 Å². The van der Waals surface area contributed by atoms with Crippen LogP contribution in [0.4, 0.5) is 5.69 Å². The van der Waals surface area contributed by atoms with Crippen LogP contribution in [0.2, 0.25) is 0 Å². The van der Waals surface area contributed by atoms with Gasteiger partial charge in [0.05, 0.1) is 6.61 Å². The van der Waals surface area contributed by atoms with Gasteiger partial charge in [-0.2, -0.15) is 0 Å². The van der Waals surface area contributed by atoms with Crippen molar-refractivity contribution in [3.05, 3.63) is 24.0 Å². The Balaban J connectivity index is 2.78. The van der Waals surface area contributed by atoms with Crippen LogP contribution < -0.4 is 10.2 Å². The topological polar surface area (TPSA) is 37.4 Å². The number of likely N-dealkylation sites (N-methyl/N-ethyl adjacent to an activating group) is 1. The molecule has 1 heterocycles. The Bertz CT molecular complexity index is 342. The van der Waals surface area contributed by atoms with Crippen molar-refractivity contribution in [1.82, 2.24) is 10.3 Å².